The summed E-state index contributed by atoms with van der Waals surface area (Å²) in [6, 6.07) is 4.63. The molecule has 0 aliphatic carbocycles. The summed E-state index contributed by atoms with van der Waals surface area (Å²) in [4.78, 5) is 1.97. The van der Waals surface area contributed by atoms with Crippen molar-refractivity contribution >= 4 is 0 Å². The SMILES string of the molecule is COc1ccc(C(N)CN(C)C)cc1F. The van der Waals surface area contributed by atoms with E-state index in [2.05, 4.69) is 0 Å². The van der Waals surface area contributed by atoms with E-state index in [9.17, 15) is 4.39 Å². The molecule has 0 aliphatic heterocycles. The summed E-state index contributed by atoms with van der Waals surface area (Å²) < 4.78 is 18.2. The van der Waals surface area contributed by atoms with Crippen LogP contribution in [0, 0.1) is 5.82 Å². The monoisotopic (exact) mass is 212 g/mol. The van der Waals surface area contributed by atoms with Gasteiger partial charge in [-0.05, 0) is 31.8 Å². The third-order valence-corrected chi connectivity index (χ3v) is 2.17. The largest absolute Gasteiger partial charge is 0.494 e. The third-order valence-electron chi connectivity index (χ3n) is 2.17. The minimum atomic E-state index is -0.371. The summed E-state index contributed by atoms with van der Waals surface area (Å²) >= 11 is 0. The lowest BCUT2D eigenvalue weighted by atomic mass is 10.1. The molecule has 2 N–H and O–H groups in total. The Morgan fingerprint density at radius 1 is 1.47 bits per heavy atom. The summed E-state index contributed by atoms with van der Waals surface area (Å²) in [5.41, 5.74) is 6.69. The number of rotatable bonds is 4. The first-order chi connectivity index (χ1) is 7.04. The van der Waals surface area contributed by atoms with E-state index in [0.717, 1.165) is 5.56 Å². The van der Waals surface area contributed by atoms with E-state index in [1.807, 2.05) is 19.0 Å². The van der Waals surface area contributed by atoms with Gasteiger partial charge in [0.2, 0.25) is 0 Å². The number of ether oxygens (including phenoxy) is 1. The van der Waals surface area contributed by atoms with Crippen LogP contribution in [0.2, 0.25) is 0 Å². The molecule has 0 radical (unpaired) electrons. The van der Waals surface area contributed by atoms with E-state index in [4.69, 9.17) is 10.5 Å². The van der Waals surface area contributed by atoms with Crippen molar-refractivity contribution in [2.45, 2.75) is 6.04 Å². The lowest BCUT2D eigenvalue weighted by Crippen LogP contribution is -2.26. The zero-order valence-electron chi connectivity index (χ0n) is 9.33. The first kappa shape index (κ1) is 11.9. The van der Waals surface area contributed by atoms with E-state index >= 15 is 0 Å². The van der Waals surface area contributed by atoms with Crippen LogP contribution in [-0.4, -0.2) is 32.6 Å². The van der Waals surface area contributed by atoms with Crippen LogP contribution in [0.3, 0.4) is 0 Å². The van der Waals surface area contributed by atoms with Gasteiger partial charge in [0.1, 0.15) is 0 Å². The van der Waals surface area contributed by atoms with Crippen LogP contribution in [-0.2, 0) is 0 Å². The molecule has 0 saturated carbocycles. The van der Waals surface area contributed by atoms with Crippen molar-refractivity contribution < 1.29 is 9.13 Å². The van der Waals surface area contributed by atoms with Crippen molar-refractivity contribution in [2.75, 3.05) is 27.7 Å². The number of benzene rings is 1. The summed E-state index contributed by atoms with van der Waals surface area (Å²) in [5, 5.41) is 0. The predicted molar refractivity (Wildman–Crippen MR) is 58.4 cm³/mol. The molecule has 0 heterocycles. The highest BCUT2D eigenvalue weighted by molar-refractivity contribution is 5.31. The zero-order chi connectivity index (χ0) is 11.4. The highest BCUT2D eigenvalue weighted by atomic mass is 19.1. The Bertz CT molecular complexity index is 328. The minimum Gasteiger partial charge on any atom is -0.494 e. The van der Waals surface area contributed by atoms with Gasteiger partial charge in [-0.2, -0.15) is 0 Å². The molecule has 0 amide bonds. The normalized spacial score (nSPS) is 12.9. The third kappa shape index (κ3) is 3.18. The molecule has 1 atom stereocenters. The fourth-order valence-electron chi connectivity index (χ4n) is 1.41. The Morgan fingerprint density at radius 3 is 2.60 bits per heavy atom. The molecule has 0 aliphatic rings. The van der Waals surface area contributed by atoms with Crippen LogP contribution in [0.5, 0.6) is 5.75 Å². The molecule has 1 aromatic rings. The van der Waals surface area contributed by atoms with E-state index in [-0.39, 0.29) is 17.6 Å². The highest BCUT2D eigenvalue weighted by Crippen LogP contribution is 2.20. The average molecular weight is 212 g/mol. The van der Waals surface area contributed by atoms with Crippen LogP contribution in [0.15, 0.2) is 18.2 Å². The van der Waals surface area contributed by atoms with Gasteiger partial charge in [-0.1, -0.05) is 6.07 Å². The molecular weight excluding hydrogens is 195 g/mol. The number of hydrogen-bond donors (Lipinski definition) is 1. The molecule has 0 aromatic heterocycles. The summed E-state index contributed by atoms with van der Waals surface area (Å²) in [6.07, 6.45) is 0. The zero-order valence-corrected chi connectivity index (χ0v) is 9.33. The second kappa shape index (κ2) is 5.09. The quantitative estimate of drug-likeness (QED) is 0.819. The molecule has 4 heteroatoms. The van der Waals surface area contributed by atoms with Gasteiger partial charge < -0.3 is 15.4 Å². The van der Waals surface area contributed by atoms with Crippen LogP contribution in [0.4, 0.5) is 4.39 Å². The molecule has 1 unspecified atom stereocenters. The first-order valence-electron chi connectivity index (χ1n) is 4.78. The Balaban J connectivity index is 2.82. The second-order valence-electron chi connectivity index (χ2n) is 3.76. The van der Waals surface area contributed by atoms with E-state index in [1.165, 1.54) is 13.2 Å². The molecule has 3 nitrogen and oxygen atoms in total. The Hall–Kier alpha value is -1.13. The maximum absolute atomic E-state index is 13.4. The lowest BCUT2D eigenvalue weighted by molar-refractivity contribution is 0.372. The van der Waals surface area contributed by atoms with Gasteiger partial charge in [-0.15, -0.1) is 0 Å². The summed E-state index contributed by atoms with van der Waals surface area (Å²) in [5.74, 6) is -0.125. The van der Waals surface area contributed by atoms with Crippen molar-refractivity contribution in [1.29, 1.82) is 0 Å². The maximum atomic E-state index is 13.4. The maximum Gasteiger partial charge on any atom is 0.165 e. The number of halogens is 1. The molecule has 0 spiro atoms. The van der Waals surface area contributed by atoms with Crippen molar-refractivity contribution in [3.8, 4) is 5.75 Å². The fraction of sp³-hybridized carbons (Fsp3) is 0.455. The van der Waals surface area contributed by atoms with Crippen molar-refractivity contribution in [2.24, 2.45) is 5.73 Å². The van der Waals surface area contributed by atoms with Gasteiger partial charge in [0, 0.05) is 12.6 Å². The summed E-state index contributed by atoms with van der Waals surface area (Å²) in [7, 11) is 5.30. The minimum absolute atomic E-state index is 0.180. The number of likely N-dealkylation sites (N-methyl/N-ethyl adjacent to an activating group) is 1. The van der Waals surface area contributed by atoms with Gasteiger partial charge in [0.15, 0.2) is 11.6 Å². The number of methoxy groups -OCH3 is 1. The molecule has 15 heavy (non-hydrogen) atoms. The van der Waals surface area contributed by atoms with E-state index in [0.29, 0.717) is 6.54 Å². The highest BCUT2D eigenvalue weighted by Gasteiger charge is 2.10. The molecule has 0 fully saturated rings. The predicted octanol–water partition coefficient (Wildman–Crippen LogP) is 1.40. The molecule has 1 aromatic carbocycles. The van der Waals surface area contributed by atoms with Gasteiger partial charge >= 0.3 is 0 Å². The Kier molecular flexibility index (Phi) is 4.05. The van der Waals surface area contributed by atoms with Crippen LogP contribution in [0.1, 0.15) is 11.6 Å². The number of hydrogen-bond acceptors (Lipinski definition) is 3. The van der Waals surface area contributed by atoms with Crippen LogP contribution in [0.25, 0.3) is 0 Å². The van der Waals surface area contributed by atoms with E-state index < -0.39 is 0 Å². The van der Waals surface area contributed by atoms with Gasteiger partial charge in [-0.3, -0.25) is 0 Å². The average Bonchev–Trinajstić information content (AvgIpc) is 2.16. The summed E-state index contributed by atoms with van der Waals surface area (Å²) in [6.45, 7) is 0.686. The Morgan fingerprint density at radius 2 is 2.13 bits per heavy atom. The first-order valence-corrected chi connectivity index (χ1v) is 4.78. The van der Waals surface area contributed by atoms with Crippen molar-refractivity contribution in [3.63, 3.8) is 0 Å². The van der Waals surface area contributed by atoms with E-state index in [1.54, 1.807) is 12.1 Å². The molecule has 1 rings (SSSR count). The number of nitrogens with two attached hydrogens (primary N) is 1. The molecular formula is C11H17FN2O. The Labute approximate surface area is 89.6 Å². The van der Waals surface area contributed by atoms with Crippen molar-refractivity contribution in [3.05, 3.63) is 29.6 Å². The molecule has 0 saturated heterocycles. The van der Waals surface area contributed by atoms with Gasteiger partial charge in [-0.25, -0.2) is 4.39 Å². The topological polar surface area (TPSA) is 38.5 Å². The number of nitrogens with zero attached hydrogens (tertiary/aromatic N) is 1. The van der Waals surface area contributed by atoms with Gasteiger partial charge in [0.25, 0.3) is 0 Å². The van der Waals surface area contributed by atoms with Crippen LogP contribution < -0.4 is 10.5 Å². The second-order valence-corrected chi connectivity index (χ2v) is 3.76. The van der Waals surface area contributed by atoms with Crippen molar-refractivity contribution in [1.82, 2.24) is 4.90 Å². The lowest BCUT2D eigenvalue weighted by Gasteiger charge is -2.17. The van der Waals surface area contributed by atoms with Gasteiger partial charge in [0.05, 0.1) is 7.11 Å². The standard InChI is InChI=1S/C11H17FN2O/c1-14(2)7-10(13)8-4-5-11(15-3)9(12)6-8/h4-6,10H,7,13H2,1-3H3. The smallest absolute Gasteiger partial charge is 0.165 e. The molecule has 84 valence electrons. The fourth-order valence-corrected chi connectivity index (χ4v) is 1.41. The molecule has 0 bridgehead atoms. The van der Waals surface area contributed by atoms with Crippen LogP contribution >= 0.6 is 0 Å².